The fraction of sp³-hybridized carbons (Fsp3) is 0.286. The van der Waals surface area contributed by atoms with Crippen LogP contribution in [-0.2, 0) is 0 Å². The maximum Gasteiger partial charge on any atom is 0.255 e. The number of anilines is 1. The van der Waals surface area contributed by atoms with Crippen molar-refractivity contribution in [3.8, 4) is 0 Å². The maximum absolute atomic E-state index is 12.3. The highest BCUT2D eigenvalue weighted by Crippen LogP contribution is 2.26. The first-order valence-electron chi connectivity index (χ1n) is 6.31. The number of hydrogen-bond acceptors (Lipinski definition) is 5. The molecule has 0 saturated carbocycles. The first kappa shape index (κ1) is 14.5. The number of nitrogen functional groups attached to an aromatic ring is 1. The van der Waals surface area contributed by atoms with Crippen LogP contribution < -0.4 is 16.6 Å². The Morgan fingerprint density at radius 3 is 2.80 bits per heavy atom. The molecule has 2 heterocycles. The zero-order chi connectivity index (χ0) is 14.7. The molecule has 0 spiro atoms. The number of aryl methyl sites for hydroxylation is 2. The van der Waals surface area contributed by atoms with E-state index in [1.54, 1.807) is 23.6 Å². The molecule has 0 aromatic carbocycles. The van der Waals surface area contributed by atoms with Gasteiger partial charge in [0.1, 0.15) is 0 Å². The summed E-state index contributed by atoms with van der Waals surface area (Å²) in [5.41, 5.74) is 4.65. The molecule has 2 aromatic rings. The summed E-state index contributed by atoms with van der Waals surface area (Å²) >= 11 is 1.73. The number of hydrogen-bond donors (Lipinski definition) is 3. The van der Waals surface area contributed by atoms with Gasteiger partial charge in [-0.3, -0.25) is 15.6 Å². The lowest BCUT2D eigenvalue weighted by atomic mass is 10.1. The van der Waals surface area contributed by atoms with Gasteiger partial charge < -0.3 is 10.7 Å². The zero-order valence-electron chi connectivity index (χ0n) is 11.7. The fourth-order valence-corrected chi connectivity index (χ4v) is 3.16. The van der Waals surface area contributed by atoms with E-state index in [9.17, 15) is 4.79 Å². The molecule has 0 aliphatic heterocycles. The van der Waals surface area contributed by atoms with Crippen molar-refractivity contribution in [1.82, 2.24) is 10.3 Å². The van der Waals surface area contributed by atoms with Crippen molar-refractivity contribution in [2.24, 2.45) is 5.84 Å². The normalized spacial score (nSPS) is 12.0. The van der Waals surface area contributed by atoms with Gasteiger partial charge in [-0.05, 0) is 38.5 Å². The first-order chi connectivity index (χ1) is 9.52. The van der Waals surface area contributed by atoms with E-state index in [1.165, 1.54) is 16.0 Å². The molecular formula is C14H18N4OS. The van der Waals surface area contributed by atoms with E-state index in [0.717, 1.165) is 5.56 Å². The summed E-state index contributed by atoms with van der Waals surface area (Å²) < 4.78 is 0. The summed E-state index contributed by atoms with van der Waals surface area (Å²) in [5, 5.41) is 2.97. The number of nitrogens with zero attached hydrogens (tertiary/aromatic N) is 1. The van der Waals surface area contributed by atoms with Gasteiger partial charge in [-0.1, -0.05) is 0 Å². The van der Waals surface area contributed by atoms with Crippen LogP contribution in [0.25, 0.3) is 0 Å². The van der Waals surface area contributed by atoms with Gasteiger partial charge in [0.25, 0.3) is 5.91 Å². The van der Waals surface area contributed by atoms with Crippen molar-refractivity contribution in [2.45, 2.75) is 26.8 Å². The van der Waals surface area contributed by atoms with Gasteiger partial charge in [0, 0.05) is 22.1 Å². The van der Waals surface area contributed by atoms with E-state index in [0.29, 0.717) is 11.3 Å². The van der Waals surface area contributed by atoms with E-state index >= 15 is 0 Å². The van der Waals surface area contributed by atoms with Crippen LogP contribution in [0.2, 0.25) is 0 Å². The summed E-state index contributed by atoms with van der Waals surface area (Å²) in [6.45, 7) is 6.10. The summed E-state index contributed by atoms with van der Waals surface area (Å²) in [4.78, 5) is 18.7. The molecule has 5 nitrogen and oxygen atoms in total. The average molecular weight is 290 g/mol. The molecule has 1 unspecified atom stereocenters. The quantitative estimate of drug-likeness (QED) is 0.597. The molecule has 0 radical (unpaired) electrons. The Labute approximate surface area is 122 Å². The van der Waals surface area contributed by atoms with Gasteiger partial charge in [0.15, 0.2) is 0 Å². The molecule has 0 bridgehead atoms. The minimum absolute atomic E-state index is 0.0571. The van der Waals surface area contributed by atoms with Crippen molar-refractivity contribution in [3.63, 3.8) is 0 Å². The van der Waals surface area contributed by atoms with Crippen LogP contribution in [-0.4, -0.2) is 10.9 Å². The number of nitrogens with two attached hydrogens (primary N) is 1. The SMILES string of the molecule is Cc1cc(C(C)NC(=O)c2cnccc2NN)c(C)s1. The van der Waals surface area contributed by atoms with Crippen LogP contribution in [0.4, 0.5) is 5.69 Å². The monoisotopic (exact) mass is 290 g/mol. The number of carbonyl (C=O) groups is 1. The number of hydrazine groups is 1. The van der Waals surface area contributed by atoms with Crippen molar-refractivity contribution < 1.29 is 4.79 Å². The maximum atomic E-state index is 12.3. The van der Waals surface area contributed by atoms with Crippen LogP contribution in [0.3, 0.4) is 0 Å². The molecule has 6 heteroatoms. The standard InChI is InChI=1S/C14H18N4OS/c1-8-6-11(10(3)20-8)9(2)17-14(19)12-7-16-5-4-13(12)18-15/h4-7,9H,15H2,1-3H3,(H,16,18)(H,17,19). The first-order valence-corrected chi connectivity index (χ1v) is 7.13. The van der Waals surface area contributed by atoms with Crippen molar-refractivity contribution in [1.29, 1.82) is 0 Å². The molecule has 20 heavy (non-hydrogen) atoms. The molecular weight excluding hydrogens is 272 g/mol. The Morgan fingerprint density at radius 2 is 2.20 bits per heavy atom. The van der Waals surface area contributed by atoms with Gasteiger partial charge in [0.05, 0.1) is 17.3 Å². The number of rotatable bonds is 4. The fourth-order valence-electron chi connectivity index (χ4n) is 2.13. The third kappa shape index (κ3) is 2.97. The molecule has 2 aromatic heterocycles. The lowest BCUT2D eigenvalue weighted by Gasteiger charge is -2.15. The third-order valence-electron chi connectivity index (χ3n) is 3.11. The number of aromatic nitrogens is 1. The van der Waals surface area contributed by atoms with Gasteiger partial charge >= 0.3 is 0 Å². The third-order valence-corrected chi connectivity index (χ3v) is 4.10. The molecule has 106 valence electrons. The van der Waals surface area contributed by atoms with E-state index in [-0.39, 0.29) is 11.9 Å². The number of thiophene rings is 1. The summed E-state index contributed by atoms with van der Waals surface area (Å²) in [7, 11) is 0. The molecule has 2 rings (SSSR count). The van der Waals surface area contributed by atoms with Gasteiger partial charge in [-0.25, -0.2) is 0 Å². The Hall–Kier alpha value is -1.92. The van der Waals surface area contributed by atoms with E-state index in [2.05, 4.69) is 35.6 Å². The number of carbonyl (C=O) groups excluding carboxylic acids is 1. The van der Waals surface area contributed by atoms with Crippen LogP contribution in [0.15, 0.2) is 24.5 Å². The summed E-state index contributed by atoms with van der Waals surface area (Å²) in [6, 6.07) is 3.72. The minimum atomic E-state index is -0.193. The average Bonchev–Trinajstić information content (AvgIpc) is 2.77. The highest BCUT2D eigenvalue weighted by molar-refractivity contribution is 7.12. The van der Waals surface area contributed by atoms with Crippen LogP contribution in [0.1, 0.15) is 38.6 Å². The van der Waals surface area contributed by atoms with Gasteiger partial charge in [0.2, 0.25) is 0 Å². The number of nitrogens with one attached hydrogen (secondary N) is 2. The van der Waals surface area contributed by atoms with E-state index < -0.39 is 0 Å². The van der Waals surface area contributed by atoms with Crippen LogP contribution in [0, 0.1) is 13.8 Å². The number of amides is 1. The van der Waals surface area contributed by atoms with E-state index in [4.69, 9.17) is 5.84 Å². The Kier molecular flexibility index (Phi) is 4.36. The molecule has 1 amide bonds. The van der Waals surface area contributed by atoms with Crippen molar-refractivity contribution >= 4 is 22.9 Å². The molecule has 0 aliphatic carbocycles. The van der Waals surface area contributed by atoms with Crippen molar-refractivity contribution in [3.05, 3.63) is 45.4 Å². The molecule has 4 N–H and O–H groups in total. The summed E-state index contributed by atoms with van der Waals surface area (Å²) in [5.74, 6) is 5.21. The smallest absolute Gasteiger partial charge is 0.255 e. The second-order valence-electron chi connectivity index (χ2n) is 4.63. The largest absolute Gasteiger partial charge is 0.345 e. The molecule has 0 fully saturated rings. The second-order valence-corrected chi connectivity index (χ2v) is 6.09. The predicted octanol–water partition coefficient (Wildman–Crippen LogP) is 2.54. The lowest BCUT2D eigenvalue weighted by Crippen LogP contribution is -2.28. The topological polar surface area (TPSA) is 80.0 Å². The van der Waals surface area contributed by atoms with Crippen LogP contribution >= 0.6 is 11.3 Å². The molecule has 0 saturated heterocycles. The highest BCUT2D eigenvalue weighted by atomic mass is 32.1. The molecule has 0 aliphatic rings. The van der Waals surface area contributed by atoms with Crippen molar-refractivity contribution in [2.75, 3.05) is 5.43 Å². The Balaban J connectivity index is 2.17. The zero-order valence-corrected chi connectivity index (χ0v) is 12.5. The minimum Gasteiger partial charge on any atom is -0.345 e. The summed E-state index contributed by atoms with van der Waals surface area (Å²) in [6.07, 6.45) is 3.09. The van der Waals surface area contributed by atoms with Gasteiger partial charge in [-0.15, -0.1) is 11.3 Å². The lowest BCUT2D eigenvalue weighted by molar-refractivity contribution is 0.0940. The molecule has 1 atom stereocenters. The Morgan fingerprint density at radius 1 is 1.45 bits per heavy atom. The highest BCUT2D eigenvalue weighted by Gasteiger charge is 2.17. The second kappa shape index (κ2) is 6.02. The van der Waals surface area contributed by atoms with Crippen LogP contribution in [0.5, 0.6) is 0 Å². The number of pyridine rings is 1. The predicted molar refractivity (Wildman–Crippen MR) is 81.7 cm³/mol. The Bertz CT molecular complexity index is 623. The van der Waals surface area contributed by atoms with E-state index in [1.807, 2.05) is 6.92 Å². The van der Waals surface area contributed by atoms with Gasteiger partial charge in [-0.2, -0.15) is 0 Å².